The first-order valence-corrected chi connectivity index (χ1v) is 6.84. The van der Waals surface area contributed by atoms with Gasteiger partial charge in [0.2, 0.25) is 0 Å². The third-order valence-corrected chi connectivity index (χ3v) is 3.98. The maximum Gasteiger partial charge on any atom is 0.259 e. The molecule has 2 rings (SSSR count). The molecule has 0 atom stereocenters. The molecule has 0 bridgehead atoms. The van der Waals surface area contributed by atoms with Crippen LogP contribution in [0.3, 0.4) is 0 Å². The second kappa shape index (κ2) is 5.82. The molecule has 0 aromatic heterocycles. The average molecular weight is 360 g/mol. The zero-order valence-corrected chi connectivity index (χ0v) is 12.7. The molecule has 0 saturated heterocycles. The number of carbonyl (C=O) groups excluding carboxylic acids is 1. The van der Waals surface area contributed by atoms with Crippen LogP contribution in [0.1, 0.15) is 10.4 Å². The summed E-state index contributed by atoms with van der Waals surface area (Å²) in [5.41, 5.74) is 6.94. The number of benzene rings is 2. The first-order valence-electron chi connectivity index (χ1n) is 5.29. The van der Waals surface area contributed by atoms with Crippen molar-refractivity contribution >= 4 is 56.4 Å². The molecule has 0 fully saturated rings. The van der Waals surface area contributed by atoms with Crippen LogP contribution in [0.15, 0.2) is 40.9 Å². The highest BCUT2D eigenvalue weighted by molar-refractivity contribution is 9.10. The van der Waals surface area contributed by atoms with Crippen LogP contribution >= 0.6 is 39.1 Å². The second-order valence-electron chi connectivity index (χ2n) is 3.79. The van der Waals surface area contributed by atoms with E-state index < -0.39 is 0 Å². The zero-order chi connectivity index (χ0) is 14.0. The molecule has 0 aliphatic rings. The Morgan fingerprint density at radius 1 is 1.16 bits per heavy atom. The summed E-state index contributed by atoms with van der Waals surface area (Å²) in [7, 11) is 0. The quantitative estimate of drug-likeness (QED) is 0.770. The Balaban J connectivity index is 2.28. The predicted octanol–water partition coefficient (Wildman–Crippen LogP) is 4.59. The van der Waals surface area contributed by atoms with Gasteiger partial charge < -0.3 is 11.1 Å². The molecule has 0 unspecified atom stereocenters. The Bertz CT molecular complexity index is 626. The molecule has 98 valence electrons. The first kappa shape index (κ1) is 14.2. The molecule has 19 heavy (non-hydrogen) atoms. The average Bonchev–Trinajstić information content (AvgIpc) is 2.33. The van der Waals surface area contributed by atoms with E-state index in [9.17, 15) is 4.79 Å². The van der Waals surface area contributed by atoms with E-state index in [-0.39, 0.29) is 11.5 Å². The number of halogens is 3. The maximum atomic E-state index is 12.1. The van der Waals surface area contributed by atoms with E-state index in [0.717, 1.165) is 0 Å². The number of hydrogen-bond acceptors (Lipinski definition) is 2. The molecule has 0 aliphatic carbocycles. The van der Waals surface area contributed by atoms with Gasteiger partial charge in [-0.15, -0.1) is 0 Å². The van der Waals surface area contributed by atoms with Gasteiger partial charge in [-0.2, -0.15) is 0 Å². The van der Waals surface area contributed by atoms with E-state index in [4.69, 9.17) is 28.9 Å². The molecule has 2 aromatic rings. The largest absolute Gasteiger partial charge is 0.398 e. The lowest BCUT2D eigenvalue weighted by molar-refractivity contribution is 0.102. The highest BCUT2D eigenvalue weighted by Gasteiger charge is 2.14. The summed E-state index contributed by atoms with van der Waals surface area (Å²) in [6.45, 7) is 0. The van der Waals surface area contributed by atoms with Gasteiger partial charge in [-0.05, 0) is 46.3 Å². The third-order valence-electron chi connectivity index (χ3n) is 2.45. The fourth-order valence-corrected chi connectivity index (χ4v) is 2.31. The van der Waals surface area contributed by atoms with Gasteiger partial charge in [0.1, 0.15) is 0 Å². The van der Waals surface area contributed by atoms with Crippen LogP contribution in [0.2, 0.25) is 10.0 Å². The summed E-state index contributed by atoms with van der Waals surface area (Å²) in [5.74, 6) is -0.364. The molecule has 1 amide bonds. The van der Waals surface area contributed by atoms with Crippen molar-refractivity contribution in [2.75, 3.05) is 11.1 Å². The Labute approximate surface area is 128 Å². The summed E-state index contributed by atoms with van der Waals surface area (Å²) < 4.78 is 0.694. The summed E-state index contributed by atoms with van der Waals surface area (Å²) in [6, 6.07) is 10.00. The van der Waals surface area contributed by atoms with Gasteiger partial charge in [-0.1, -0.05) is 29.3 Å². The number of rotatable bonds is 2. The van der Waals surface area contributed by atoms with Crippen molar-refractivity contribution in [2.45, 2.75) is 0 Å². The third kappa shape index (κ3) is 3.21. The lowest BCUT2D eigenvalue weighted by Gasteiger charge is -2.09. The van der Waals surface area contributed by atoms with E-state index in [1.165, 1.54) is 0 Å². The summed E-state index contributed by atoms with van der Waals surface area (Å²) in [6.07, 6.45) is 0. The summed E-state index contributed by atoms with van der Waals surface area (Å²) >= 11 is 15.1. The fraction of sp³-hybridized carbons (Fsp3) is 0. The van der Waals surface area contributed by atoms with Crippen molar-refractivity contribution in [3.8, 4) is 0 Å². The molecule has 3 N–H and O–H groups in total. The van der Waals surface area contributed by atoms with Crippen LogP contribution < -0.4 is 11.1 Å². The van der Waals surface area contributed by atoms with Crippen LogP contribution in [0.25, 0.3) is 0 Å². The lowest BCUT2D eigenvalue weighted by atomic mass is 10.1. The molecule has 2 aromatic carbocycles. The van der Waals surface area contributed by atoms with Crippen LogP contribution in [0, 0.1) is 0 Å². The van der Waals surface area contributed by atoms with Crippen molar-refractivity contribution in [3.63, 3.8) is 0 Å². The zero-order valence-electron chi connectivity index (χ0n) is 9.58. The van der Waals surface area contributed by atoms with Crippen LogP contribution in [0.5, 0.6) is 0 Å². The van der Waals surface area contributed by atoms with Crippen LogP contribution in [-0.4, -0.2) is 5.91 Å². The highest BCUT2D eigenvalue weighted by atomic mass is 79.9. The first-order chi connectivity index (χ1) is 8.99. The van der Waals surface area contributed by atoms with Crippen molar-refractivity contribution in [1.82, 2.24) is 0 Å². The molecule has 6 heteroatoms. The van der Waals surface area contributed by atoms with Gasteiger partial charge in [0, 0.05) is 15.8 Å². The molecule has 0 aliphatic heterocycles. The fourth-order valence-electron chi connectivity index (χ4n) is 1.55. The number of nitrogens with one attached hydrogen (secondary N) is 1. The van der Waals surface area contributed by atoms with Gasteiger partial charge in [0.25, 0.3) is 5.91 Å². The predicted molar refractivity (Wildman–Crippen MR) is 83.0 cm³/mol. The summed E-state index contributed by atoms with van der Waals surface area (Å²) in [4.78, 5) is 12.1. The minimum Gasteiger partial charge on any atom is -0.398 e. The number of hydrogen-bond donors (Lipinski definition) is 2. The monoisotopic (exact) mass is 358 g/mol. The van der Waals surface area contributed by atoms with Crippen molar-refractivity contribution in [1.29, 1.82) is 0 Å². The normalized spacial score (nSPS) is 10.3. The Morgan fingerprint density at radius 2 is 1.89 bits per heavy atom. The van der Waals surface area contributed by atoms with Gasteiger partial charge in [0.05, 0.1) is 15.6 Å². The van der Waals surface area contributed by atoms with Gasteiger partial charge in [-0.3, -0.25) is 4.79 Å². The van der Waals surface area contributed by atoms with E-state index in [0.29, 0.717) is 25.9 Å². The molecule has 0 radical (unpaired) electrons. The molecular formula is C13H9BrCl2N2O. The number of nitrogen functional groups attached to an aromatic ring is 1. The number of carbonyl (C=O) groups is 1. The van der Waals surface area contributed by atoms with Crippen LogP contribution in [0.4, 0.5) is 11.4 Å². The second-order valence-corrected chi connectivity index (χ2v) is 5.46. The topological polar surface area (TPSA) is 55.1 Å². The van der Waals surface area contributed by atoms with Crippen molar-refractivity contribution < 1.29 is 4.79 Å². The SMILES string of the molecule is Nc1cccc(Cl)c1C(=O)Nc1ccc(Cl)c(Br)c1. The lowest BCUT2D eigenvalue weighted by Crippen LogP contribution is -2.14. The molecule has 3 nitrogen and oxygen atoms in total. The van der Waals surface area contributed by atoms with E-state index in [1.54, 1.807) is 36.4 Å². The minimum absolute atomic E-state index is 0.259. The van der Waals surface area contributed by atoms with Crippen LogP contribution in [-0.2, 0) is 0 Å². The van der Waals surface area contributed by atoms with Gasteiger partial charge in [-0.25, -0.2) is 0 Å². The number of nitrogens with two attached hydrogens (primary N) is 1. The maximum absolute atomic E-state index is 12.1. The Morgan fingerprint density at radius 3 is 2.53 bits per heavy atom. The Hall–Kier alpha value is -1.23. The standard InChI is InChI=1S/C13H9BrCl2N2O/c14-8-6-7(4-5-9(8)15)18-13(19)12-10(16)2-1-3-11(12)17/h1-6H,17H2,(H,18,19). The molecular weight excluding hydrogens is 351 g/mol. The van der Waals surface area contributed by atoms with E-state index in [1.807, 2.05) is 0 Å². The molecule has 0 saturated carbocycles. The molecule has 0 heterocycles. The van der Waals surface area contributed by atoms with Crippen molar-refractivity contribution in [2.24, 2.45) is 0 Å². The molecule has 0 spiro atoms. The van der Waals surface area contributed by atoms with E-state index >= 15 is 0 Å². The smallest absolute Gasteiger partial charge is 0.259 e. The van der Waals surface area contributed by atoms with Gasteiger partial charge in [0.15, 0.2) is 0 Å². The highest BCUT2D eigenvalue weighted by Crippen LogP contribution is 2.27. The van der Waals surface area contributed by atoms with Crippen molar-refractivity contribution in [3.05, 3.63) is 56.5 Å². The Kier molecular flexibility index (Phi) is 4.34. The number of anilines is 2. The minimum atomic E-state index is -0.364. The summed E-state index contributed by atoms with van der Waals surface area (Å²) in [5, 5.41) is 3.59. The van der Waals surface area contributed by atoms with E-state index in [2.05, 4.69) is 21.2 Å². The van der Waals surface area contributed by atoms with Gasteiger partial charge >= 0.3 is 0 Å². The number of amides is 1.